The Morgan fingerprint density at radius 2 is 2.25 bits per heavy atom. The van der Waals surface area contributed by atoms with Crippen molar-refractivity contribution < 1.29 is 9.47 Å². The highest BCUT2D eigenvalue weighted by Crippen LogP contribution is 2.28. The van der Waals surface area contributed by atoms with Gasteiger partial charge in [0, 0.05) is 31.8 Å². The molecule has 16 heavy (non-hydrogen) atoms. The van der Waals surface area contributed by atoms with E-state index in [-0.39, 0.29) is 0 Å². The number of nitrogens with one attached hydrogen (secondary N) is 1. The minimum absolute atomic E-state index is 0.613. The average molecular weight is 220 g/mol. The maximum Gasteiger partial charge on any atom is 0.183 e. The Bertz CT molecular complexity index is 372. The molecule has 0 fully saturated rings. The van der Waals surface area contributed by atoms with Crippen molar-refractivity contribution in [1.82, 2.24) is 10.3 Å². The van der Waals surface area contributed by atoms with E-state index in [9.17, 15) is 0 Å². The molecular weight excluding hydrogens is 204 g/mol. The molecule has 0 spiro atoms. The van der Waals surface area contributed by atoms with E-state index < -0.39 is 0 Å². The number of hydrogen-bond donors (Lipinski definition) is 1. The second-order valence-electron chi connectivity index (χ2n) is 3.12. The SMILES string of the molecule is C#CCCNCc1nccc(OC)c1OC. The summed E-state index contributed by atoms with van der Waals surface area (Å²) in [6.45, 7) is 1.38. The highest BCUT2D eigenvalue weighted by molar-refractivity contribution is 5.42. The zero-order valence-corrected chi connectivity index (χ0v) is 9.62. The fourth-order valence-corrected chi connectivity index (χ4v) is 1.34. The lowest BCUT2D eigenvalue weighted by atomic mass is 10.3. The van der Waals surface area contributed by atoms with Gasteiger partial charge in [-0.1, -0.05) is 0 Å². The lowest BCUT2D eigenvalue weighted by molar-refractivity contribution is 0.348. The smallest absolute Gasteiger partial charge is 0.183 e. The second-order valence-corrected chi connectivity index (χ2v) is 3.12. The van der Waals surface area contributed by atoms with Gasteiger partial charge in [-0.15, -0.1) is 12.3 Å². The van der Waals surface area contributed by atoms with E-state index in [2.05, 4.69) is 16.2 Å². The van der Waals surface area contributed by atoms with Gasteiger partial charge in [0.1, 0.15) is 0 Å². The minimum atomic E-state index is 0.613. The first-order valence-corrected chi connectivity index (χ1v) is 5.03. The van der Waals surface area contributed by atoms with Crippen LogP contribution in [-0.4, -0.2) is 25.7 Å². The molecular formula is C12H16N2O2. The van der Waals surface area contributed by atoms with Crippen LogP contribution in [-0.2, 0) is 6.54 Å². The third-order valence-electron chi connectivity index (χ3n) is 2.10. The third-order valence-corrected chi connectivity index (χ3v) is 2.10. The predicted octanol–water partition coefficient (Wildman–Crippen LogP) is 1.21. The average Bonchev–Trinajstić information content (AvgIpc) is 2.34. The number of rotatable bonds is 6. The first-order chi connectivity index (χ1) is 7.83. The monoisotopic (exact) mass is 220 g/mol. The van der Waals surface area contributed by atoms with E-state index >= 15 is 0 Å². The number of methoxy groups -OCH3 is 2. The normalized spacial score (nSPS) is 9.56. The van der Waals surface area contributed by atoms with Crippen LogP contribution < -0.4 is 14.8 Å². The first-order valence-electron chi connectivity index (χ1n) is 5.03. The van der Waals surface area contributed by atoms with Crippen molar-refractivity contribution in [2.45, 2.75) is 13.0 Å². The van der Waals surface area contributed by atoms with E-state index in [1.165, 1.54) is 0 Å². The largest absolute Gasteiger partial charge is 0.493 e. The molecule has 1 heterocycles. The van der Waals surface area contributed by atoms with Crippen molar-refractivity contribution in [2.24, 2.45) is 0 Å². The molecule has 0 aliphatic heterocycles. The maximum absolute atomic E-state index is 5.26. The summed E-state index contributed by atoms with van der Waals surface area (Å²) in [7, 11) is 3.21. The molecule has 0 unspecified atom stereocenters. The highest BCUT2D eigenvalue weighted by atomic mass is 16.5. The zero-order valence-electron chi connectivity index (χ0n) is 9.62. The topological polar surface area (TPSA) is 43.4 Å². The fourth-order valence-electron chi connectivity index (χ4n) is 1.34. The molecule has 86 valence electrons. The van der Waals surface area contributed by atoms with Crippen LogP contribution in [0, 0.1) is 12.3 Å². The van der Waals surface area contributed by atoms with Crippen LogP contribution in [0.4, 0.5) is 0 Å². The summed E-state index contributed by atoms with van der Waals surface area (Å²) < 4.78 is 10.4. The van der Waals surface area contributed by atoms with E-state index in [1.807, 2.05) is 0 Å². The fraction of sp³-hybridized carbons (Fsp3) is 0.417. The van der Waals surface area contributed by atoms with Crippen LogP contribution in [0.3, 0.4) is 0 Å². The van der Waals surface area contributed by atoms with Crippen molar-refractivity contribution >= 4 is 0 Å². The second kappa shape index (κ2) is 6.70. The molecule has 0 saturated carbocycles. The molecule has 0 bridgehead atoms. The molecule has 1 aromatic rings. The Morgan fingerprint density at radius 3 is 2.88 bits per heavy atom. The predicted molar refractivity (Wildman–Crippen MR) is 62.5 cm³/mol. The molecule has 0 aliphatic carbocycles. The molecule has 0 radical (unpaired) electrons. The molecule has 0 aliphatic rings. The van der Waals surface area contributed by atoms with Crippen molar-refractivity contribution in [1.29, 1.82) is 0 Å². The zero-order chi connectivity index (χ0) is 11.8. The summed E-state index contributed by atoms with van der Waals surface area (Å²) in [5.41, 5.74) is 0.818. The summed E-state index contributed by atoms with van der Waals surface area (Å²) >= 11 is 0. The van der Waals surface area contributed by atoms with E-state index in [4.69, 9.17) is 15.9 Å². The van der Waals surface area contributed by atoms with Gasteiger partial charge >= 0.3 is 0 Å². The van der Waals surface area contributed by atoms with Gasteiger partial charge < -0.3 is 14.8 Å². The van der Waals surface area contributed by atoms with Crippen LogP contribution in [0.2, 0.25) is 0 Å². The Kier molecular flexibility index (Phi) is 5.17. The Morgan fingerprint density at radius 1 is 1.44 bits per heavy atom. The Balaban J connectivity index is 2.68. The molecule has 1 N–H and O–H groups in total. The molecule has 4 nitrogen and oxygen atoms in total. The molecule has 0 saturated heterocycles. The summed E-state index contributed by atoms with van der Waals surface area (Å²) in [5, 5.41) is 3.19. The van der Waals surface area contributed by atoms with Crippen molar-refractivity contribution in [2.75, 3.05) is 20.8 Å². The summed E-state index contributed by atoms with van der Waals surface area (Å²) in [4.78, 5) is 4.24. The van der Waals surface area contributed by atoms with Crippen molar-refractivity contribution in [3.05, 3.63) is 18.0 Å². The van der Waals surface area contributed by atoms with Gasteiger partial charge in [0.2, 0.25) is 0 Å². The van der Waals surface area contributed by atoms with Gasteiger partial charge in [-0.05, 0) is 0 Å². The molecule has 0 aromatic carbocycles. The van der Waals surface area contributed by atoms with Gasteiger partial charge in [-0.25, -0.2) is 0 Å². The van der Waals surface area contributed by atoms with Gasteiger partial charge in [0.25, 0.3) is 0 Å². The quantitative estimate of drug-likeness (QED) is 0.578. The van der Waals surface area contributed by atoms with Gasteiger partial charge in [0.15, 0.2) is 11.5 Å². The number of nitrogens with zero attached hydrogens (tertiary/aromatic N) is 1. The summed E-state index contributed by atoms with van der Waals surface area (Å²) in [6.07, 6.45) is 7.55. The minimum Gasteiger partial charge on any atom is -0.493 e. The van der Waals surface area contributed by atoms with Crippen LogP contribution >= 0.6 is 0 Å². The molecule has 0 atom stereocenters. The van der Waals surface area contributed by atoms with Gasteiger partial charge in [-0.3, -0.25) is 4.98 Å². The molecule has 4 heteroatoms. The lowest BCUT2D eigenvalue weighted by Crippen LogP contribution is -2.16. The van der Waals surface area contributed by atoms with Crippen LogP contribution in [0.5, 0.6) is 11.5 Å². The van der Waals surface area contributed by atoms with Crippen LogP contribution in [0.1, 0.15) is 12.1 Å². The Hall–Kier alpha value is -1.73. The molecule has 1 aromatic heterocycles. The van der Waals surface area contributed by atoms with Crippen LogP contribution in [0.15, 0.2) is 12.3 Å². The lowest BCUT2D eigenvalue weighted by Gasteiger charge is -2.11. The van der Waals surface area contributed by atoms with E-state index in [0.717, 1.165) is 12.2 Å². The highest BCUT2D eigenvalue weighted by Gasteiger charge is 2.09. The first kappa shape index (κ1) is 12.3. The summed E-state index contributed by atoms with van der Waals surface area (Å²) in [5.74, 6) is 3.92. The molecule has 1 rings (SSSR count). The Labute approximate surface area is 96.0 Å². The van der Waals surface area contributed by atoms with E-state index in [0.29, 0.717) is 24.5 Å². The van der Waals surface area contributed by atoms with E-state index in [1.54, 1.807) is 26.5 Å². The number of pyridine rings is 1. The van der Waals surface area contributed by atoms with Crippen molar-refractivity contribution in [3.8, 4) is 23.8 Å². The number of hydrogen-bond acceptors (Lipinski definition) is 4. The number of ether oxygens (including phenoxy) is 2. The number of terminal acetylenes is 1. The maximum atomic E-state index is 5.26. The van der Waals surface area contributed by atoms with Gasteiger partial charge in [0.05, 0.1) is 19.9 Å². The molecule has 0 amide bonds. The van der Waals surface area contributed by atoms with Crippen LogP contribution in [0.25, 0.3) is 0 Å². The van der Waals surface area contributed by atoms with Gasteiger partial charge in [-0.2, -0.15) is 0 Å². The van der Waals surface area contributed by atoms with Crippen molar-refractivity contribution in [3.63, 3.8) is 0 Å². The summed E-state index contributed by atoms with van der Waals surface area (Å²) in [6, 6.07) is 1.77. The number of aromatic nitrogens is 1. The standard InChI is InChI=1S/C12H16N2O2/c1-4-5-7-13-9-10-12(16-3)11(15-2)6-8-14-10/h1,6,8,13H,5,7,9H2,2-3H3. The third kappa shape index (κ3) is 3.14.